The SMILES string of the molecule is CCN(CC)Cc1cc(N=C(NC#N)SC)ccc1O. The smallest absolute Gasteiger partial charge is 0.183 e. The first-order chi connectivity index (χ1) is 9.64. The molecule has 0 amide bonds. The number of nitriles is 1. The van der Waals surface area contributed by atoms with E-state index in [2.05, 4.69) is 29.1 Å². The third kappa shape index (κ3) is 4.76. The van der Waals surface area contributed by atoms with E-state index >= 15 is 0 Å². The van der Waals surface area contributed by atoms with Gasteiger partial charge in [0.2, 0.25) is 0 Å². The Bertz CT molecular complexity index is 506. The van der Waals surface area contributed by atoms with Crippen LogP contribution < -0.4 is 5.32 Å². The van der Waals surface area contributed by atoms with Gasteiger partial charge in [0.15, 0.2) is 11.4 Å². The van der Waals surface area contributed by atoms with Gasteiger partial charge in [0.1, 0.15) is 5.75 Å². The van der Waals surface area contributed by atoms with Gasteiger partial charge in [0.05, 0.1) is 5.69 Å². The van der Waals surface area contributed by atoms with E-state index in [0.29, 0.717) is 11.7 Å². The number of phenols is 1. The molecule has 0 fully saturated rings. The number of thioether (sulfide) groups is 1. The molecule has 20 heavy (non-hydrogen) atoms. The van der Waals surface area contributed by atoms with E-state index in [0.717, 1.165) is 24.3 Å². The molecule has 0 heterocycles. The Kier molecular flexibility index (Phi) is 6.91. The zero-order chi connectivity index (χ0) is 15.0. The summed E-state index contributed by atoms with van der Waals surface area (Å²) < 4.78 is 0. The minimum absolute atomic E-state index is 0.273. The molecule has 0 aromatic heterocycles. The Morgan fingerprint density at radius 1 is 1.45 bits per heavy atom. The second kappa shape index (κ2) is 8.46. The summed E-state index contributed by atoms with van der Waals surface area (Å²) in [5.41, 5.74) is 1.56. The fourth-order valence-corrected chi connectivity index (χ4v) is 2.09. The maximum atomic E-state index is 9.92. The molecule has 0 bridgehead atoms. The average Bonchev–Trinajstić information content (AvgIpc) is 2.47. The van der Waals surface area contributed by atoms with Gasteiger partial charge in [-0.25, -0.2) is 4.99 Å². The van der Waals surface area contributed by atoms with Gasteiger partial charge in [0.25, 0.3) is 0 Å². The molecular formula is C14H20N4OS. The lowest BCUT2D eigenvalue weighted by Gasteiger charge is -2.18. The Hall–Kier alpha value is -1.71. The zero-order valence-electron chi connectivity index (χ0n) is 12.1. The summed E-state index contributed by atoms with van der Waals surface area (Å²) in [6.45, 7) is 6.71. The first-order valence-corrected chi connectivity index (χ1v) is 7.69. The van der Waals surface area contributed by atoms with E-state index in [4.69, 9.17) is 5.26 Å². The molecule has 0 aliphatic carbocycles. The van der Waals surface area contributed by atoms with Crippen molar-refractivity contribution in [1.29, 1.82) is 5.26 Å². The molecule has 0 spiro atoms. The van der Waals surface area contributed by atoms with E-state index < -0.39 is 0 Å². The highest BCUT2D eigenvalue weighted by Gasteiger charge is 2.07. The van der Waals surface area contributed by atoms with E-state index in [1.54, 1.807) is 12.1 Å². The Morgan fingerprint density at radius 3 is 2.70 bits per heavy atom. The molecule has 0 saturated heterocycles. The van der Waals surface area contributed by atoms with Gasteiger partial charge in [-0.05, 0) is 37.5 Å². The number of benzene rings is 1. The summed E-state index contributed by atoms with van der Waals surface area (Å²) in [5.74, 6) is 0.273. The molecule has 1 aromatic carbocycles. The average molecular weight is 292 g/mol. The highest BCUT2D eigenvalue weighted by molar-refractivity contribution is 8.13. The fraction of sp³-hybridized carbons (Fsp3) is 0.429. The summed E-state index contributed by atoms with van der Waals surface area (Å²) >= 11 is 1.37. The van der Waals surface area contributed by atoms with Crippen LogP contribution in [-0.4, -0.2) is 34.5 Å². The predicted molar refractivity (Wildman–Crippen MR) is 84.1 cm³/mol. The molecule has 0 saturated carbocycles. The van der Waals surface area contributed by atoms with Crippen molar-refractivity contribution in [3.05, 3.63) is 23.8 Å². The minimum Gasteiger partial charge on any atom is -0.508 e. The molecule has 0 atom stereocenters. The highest BCUT2D eigenvalue weighted by atomic mass is 32.2. The predicted octanol–water partition coefficient (Wildman–Crippen LogP) is 2.66. The minimum atomic E-state index is 0.273. The number of phenolic OH excluding ortho intramolecular Hbond substituents is 1. The van der Waals surface area contributed by atoms with E-state index in [9.17, 15) is 5.11 Å². The first-order valence-electron chi connectivity index (χ1n) is 6.46. The van der Waals surface area contributed by atoms with Crippen LogP contribution >= 0.6 is 11.8 Å². The topological polar surface area (TPSA) is 71.7 Å². The van der Waals surface area contributed by atoms with Crippen molar-refractivity contribution in [2.24, 2.45) is 4.99 Å². The maximum Gasteiger partial charge on any atom is 0.183 e. The van der Waals surface area contributed by atoms with Crippen LogP contribution in [0.25, 0.3) is 0 Å². The lowest BCUT2D eigenvalue weighted by atomic mass is 10.1. The van der Waals surface area contributed by atoms with Gasteiger partial charge in [-0.3, -0.25) is 10.2 Å². The second-order valence-corrected chi connectivity index (χ2v) is 4.93. The first kappa shape index (κ1) is 16.3. The number of nitrogens with zero attached hydrogens (tertiary/aromatic N) is 3. The molecule has 108 valence electrons. The molecule has 0 unspecified atom stereocenters. The molecule has 2 N–H and O–H groups in total. The van der Waals surface area contributed by atoms with Gasteiger partial charge >= 0.3 is 0 Å². The fourth-order valence-electron chi connectivity index (χ4n) is 1.75. The molecule has 0 radical (unpaired) electrons. The van der Waals surface area contributed by atoms with Gasteiger partial charge in [-0.1, -0.05) is 25.6 Å². The van der Waals surface area contributed by atoms with Crippen LogP contribution in [0.4, 0.5) is 5.69 Å². The summed E-state index contributed by atoms with van der Waals surface area (Å²) in [6.07, 6.45) is 3.70. The van der Waals surface area contributed by atoms with Crippen LogP contribution in [0.3, 0.4) is 0 Å². The number of rotatable bonds is 5. The summed E-state index contributed by atoms with van der Waals surface area (Å²) in [6, 6.07) is 5.22. The van der Waals surface area contributed by atoms with Crippen molar-refractivity contribution in [1.82, 2.24) is 10.2 Å². The number of aliphatic imine (C=N–C) groups is 1. The Balaban J connectivity index is 2.99. The molecular weight excluding hydrogens is 272 g/mol. The lowest BCUT2D eigenvalue weighted by Crippen LogP contribution is -2.22. The van der Waals surface area contributed by atoms with Crippen LogP contribution in [-0.2, 0) is 6.54 Å². The third-order valence-corrected chi connectivity index (χ3v) is 3.52. The van der Waals surface area contributed by atoms with E-state index in [1.807, 2.05) is 18.5 Å². The van der Waals surface area contributed by atoms with Crippen molar-refractivity contribution in [2.45, 2.75) is 20.4 Å². The number of nitrogens with one attached hydrogen (secondary N) is 1. The lowest BCUT2D eigenvalue weighted by molar-refractivity contribution is 0.291. The third-order valence-electron chi connectivity index (χ3n) is 2.94. The molecule has 6 heteroatoms. The van der Waals surface area contributed by atoms with Gasteiger partial charge in [0, 0.05) is 12.1 Å². The monoisotopic (exact) mass is 292 g/mol. The summed E-state index contributed by atoms with van der Waals surface area (Å²) in [7, 11) is 0. The van der Waals surface area contributed by atoms with Gasteiger partial charge in [-0.2, -0.15) is 5.26 Å². The Morgan fingerprint density at radius 2 is 2.15 bits per heavy atom. The molecule has 1 rings (SSSR count). The Labute approximate surface area is 124 Å². The van der Waals surface area contributed by atoms with Gasteiger partial charge < -0.3 is 5.11 Å². The van der Waals surface area contributed by atoms with Crippen LogP contribution in [0, 0.1) is 11.5 Å². The molecule has 0 aliphatic rings. The molecule has 5 nitrogen and oxygen atoms in total. The summed E-state index contributed by atoms with van der Waals surface area (Å²) in [4.78, 5) is 6.56. The zero-order valence-corrected chi connectivity index (χ0v) is 12.9. The highest BCUT2D eigenvalue weighted by Crippen LogP contribution is 2.25. The standard InChI is InChI=1S/C14H20N4OS/c1-4-18(5-2)9-11-8-12(6-7-13(11)19)17-14(20-3)16-10-15/h6-8,19H,4-5,9H2,1-3H3,(H,16,17). The quantitative estimate of drug-likeness (QED) is 0.378. The van der Waals surface area contributed by atoms with Crippen molar-refractivity contribution >= 4 is 22.6 Å². The second-order valence-electron chi connectivity index (χ2n) is 4.13. The molecule has 0 aliphatic heterocycles. The van der Waals surface area contributed by atoms with Gasteiger partial charge in [-0.15, -0.1) is 0 Å². The van der Waals surface area contributed by atoms with Crippen LogP contribution in [0.15, 0.2) is 23.2 Å². The largest absolute Gasteiger partial charge is 0.508 e. The van der Waals surface area contributed by atoms with Crippen molar-refractivity contribution < 1.29 is 5.11 Å². The van der Waals surface area contributed by atoms with Crippen LogP contribution in [0.2, 0.25) is 0 Å². The van der Waals surface area contributed by atoms with Crippen molar-refractivity contribution in [3.8, 4) is 11.9 Å². The number of amidine groups is 1. The van der Waals surface area contributed by atoms with Crippen LogP contribution in [0.1, 0.15) is 19.4 Å². The summed E-state index contributed by atoms with van der Waals surface area (Å²) in [5, 5.41) is 21.6. The van der Waals surface area contributed by atoms with Crippen molar-refractivity contribution in [2.75, 3.05) is 19.3 Å². The van der Waals surface area contributed by atoms with E-state index in [1.165, 1.54) is 11.8 Å². The maximum absolute atomic E-state index is 9.92. The van der Waals surface area contributed by atoms with Crippen LogP contribution in [0.5, 0.6) is 5.75 Å². The number of hydrogen-bond donors (Lipinski definition) is 2. The van der Waals surface area contributed by atoms with Crippen molar-refractivity contribution in [3.63, 3.8) is 0 Å². The molecule has 1 aromatic rings. The number of aromatic hydroxyl groups is 1. The normalized spacial score (nSPS) is 11.4. The number of hydrogen-bond acceptors (Lipinski definition) is 5. The van der Waals surface area contributed by atoms with E-state index in [-0.39, 0.29) is 5.75 Å².